The molecule has 0 fully saturated rings. The molecule has 0 saturated carbocycles. The molecule has 0 saturated heterocycles. The molecule has 128 valence electrons. The average Bonchev–Trinajstić information content (AvgIpc) is 2.60. The molecule has 1 atom stereocenters. The van der Waals surface area contributed by atoms with Gasteiger partial charge in [-0.25, -0.2) is 4.39 Å². The number of rotatable bonds is 7. The van der Waals surface area contributed by atoms with Crippen LogP contribution in [0.25, 0.3) is 0 Å². The van der Waals surface area contributed by atoms with Crippen LogP contribution in [-0.2, 0) is 17.1 Å². The number of amides is 1. The normalized spacial score (nSPS) is 11.8. The summed E-state index contributed by atoms with van der Waals surface area (Å²) in [5.74, 6) is 0.497. The van der Waals surface area contributed by atoms with E-state index in [0.717, 1.165) is 11.1 Å². The summed E-state index contributed by atoms with van der Waals surface area (Å²) in [6.45, 7) is 2.47. The maximum Gasteiger partial charge on any atom is 0.235 e. The van der Waals surface area contributed by atoms with Gasteiger partial charge in [-0.15, -0.1) is 11.8 Å². The molecule has 2 aromatic carbocycles. The van der Waals surface area contributed by atoms with Crippen molar-refractivity contribution in [3.63, 3.8) is 0 Å². The lowest BCUT2D eigenvalue weighted by atomic mass is 10.2. The Morgan fingerprint density at radius 1 is 1.21 bits per heavy atom. The molecule has 0 aliphatic rings. The van der Waals surface area contributed by atoms with Gasteiger partial charge in [-0.2, -0.15) is 0 Å². The minimum atomic E-state index is -0.379. The number of ether oxygens (including phenoxy) is 1. The molecule has 1 amide bonds. The van der Waals surface area contributed by atoms with E-state index in [1.165, 1.54) is 24.9 Å². The van der Waals surface area contributed by atoms with Gasteiger partial charge in [0.2, 0.25) is 5.91 Å². The highest BCUT2D eigenvalue weighted by molar-refractivity contribution is 7.99. The van der Waals surface area contributed by atoms with Gasteiger partial charge in [0.1, 0.15) is 0 Å². The molecular formula is C19H22FNO2S. The summed E-state index contributed by atoms with van der Waals surface area (Å²) in [6, 6.07) is 14.8. The number of hydrogen-bond donors (Lipinski definition) is 0. The van der Waals surface area contributed by atoms with Crippen LogP contribution >= 0.6 is 11.8 Å². The van der Waals surface area contributed by atoms with E-state index in [-0.39, 0.29) is 22.7 Å². The highest BCUT2D eigenvalue weighted by atomic mass is 32.2. The van der Waals surface area contributed by atoms with Crippen LogP contribution in [0.15, 0.2) is 48.5 Å². The molecule has 0 aliphatic carbocycles. The monoisotopic (exact) mass is 347 g/mol. The summed E-state index contributed by atoms with van der Waals surface area (Å²) >= 11 is 1.50. The first-order valence-corrected chi connectivity index (χ1v) is 8.79. The van der Waals surface area contributed by atoms with Crippen molar-refractivity contribution in [1.29, 1.82) is 0 Å². The van der Waals surface area contributed by atoms with E-state index < -0.39 is 0 Å². The maximum atomic E-state index is 13.7. The van der Waals surface area contributed by atoms with Crippen LogP contribution in [0.1, 0.15) is 18.1 Å². The molecule has 0 aromatic heterocycles. The number of nitrogens with zero attached hydrogens (tertiary/aromatic N) is 1. The van der Waals surface area contributed by atoms with Gasteiger partial charge < -0.3 is 9.64 Å². The molecule has 3 nitrogen and oxygen atoms in total. The van der Waals surface area contributed by atoms with Gasteiger partial charge in [-0.05, 0) is 30.2 Å². The van der Waals surface area contributed by atoms with Crippen molar-refractivity contribution in [2.45, 2.75) is 24.5 Å². The van der Waals surface area contributed by atoms with E-state index in [4.69, 9.17) is 4.74 Å². The van der Waals surface area contributed by atoms with Crippen molar-refractivity contribution in [3.05, 3.63) is 65.5 Å². The minimum absolute atomic E-state index is 0.0674. The summed E-state index contributed by atoms with van der Waals surface area (Å²) < 4.78 is 18.6. The Kier molecular flexibility index (Phi) is 6.67. The number of methoxy groups -OCH3 is 1. The predicted molar refractivity (Wildman–Crippen MR) is 96.6 cm³/mol. The molecular weight excluding hydrogens is 325 g/mol. The van der Waals surface area contributed by atoms with Crippen molar-refractivity contribution >= 4 is 17.7 Å². The lowest BCUT2D eigenvalue weighted by molar-refractivity contribution is -0.129. The highest BCUT2D eigenvalue weighted by Crippen LogP contribution is 2.23. The van der Waals surface area contributed by atoms with Gasteiger partial charge >= 0.3 is 0 Å². The maximum absolute atomic E-state index is 13.7. The van der Waals surface area contributed by atoms with E-state index in [9.17, 15) is 9.18 Å². The van der Waals surface area contributed by atoms with Gasteiger partial charge in [-0.3, -0.25) is 4.79 Å². The van der Waals surface area contributed by atoms with Crippen molar-refractivity contribution in [2.24, 2.45) is 0 Å². The third kappa shape index (κ3) is 4.99. The number of carbonyl (C=O) groups excluding carboxylic acids is 1. The molecule has 0 spiro atoms. The first-order valence-electron chi connectivity index (χ1n) is 7.74. The first-order chi connectivity index (χ1) is 11.5. The Hall–Kier alpha value is -2.01. The average molecular weight is 347 g/mol. The van der Waals surface area contributed by atoms with Crippen molar-refractivity contribution < 1.29 is 13.9 Å². The Morgan fingerprint density at radius 2 is 1.92 bits per heavy atom. The van der Waals surface area contributed by atoms with Crippen LogP contribution < -0.4 is 4.74 Å². The zero-order valence-corrected chi connectivity index (χ0v) is 15.0. The van der Waals surface area contributed by atoms with E-state index in [0.29, 0.717) is 12.3 Å². The van der Waals surface area contributed by atoms with Gasteiger partial charge in [-0.1, -0.05) is 36.4 Å². The van der Waals surface area contributed by atoms with Crippen LogP contribution in [0.3, 0.4) is 0 Å². The van der Waals surface area contributed by atoms with Crippen molar-refractivity contribution in [3.8, 4) is 5.75 Å². The summed E-state index contributed by atoms with van der Waals surface area (Å²) in [7, 11) is 3.25. The van der Waals surface area contributed by atoms with Gasteiger partial charge in [0.05, 0.1) is 12.4 Å². The smallest absolute Gasteiger partial charge is 0.235 e. The Morgan fingerprint density at radius 3 is 2.54 bits per heavy atom. The van der Waals surface area contributed by atoms with Gasteiger partial charge in [0.15, 0.2) is 11.6 Å². The van der Waals surface area contributed by atoms with Gasteiger partial charge in [0, 0.05) is 19.3 Å². The number of halogens is 1. The highest BCUT2D eigenvalue weighted by Gasteiger charge is 2.18. The molecule has 0 aliphatic heterocycles. The van der Waals surface area contributed by atoms with Crippen LogP contribution in [0.5, 0.6) is 5.75 Å². The Bertz CT molecular complexity index is 678. The molecule has 0 heterocycles. The fraction of sp³-hybridized carbons (Fsp3) is 0.316. The molecule has 2 rings (SSSR count). The molecule has 0 radical (unpaired) electrons. The SMILES string of the molecule is COc1ccc(CSC(C)C(=O)N(C)Cc2ccccc2)cc1F. The zero-order valence-electron chi connectivity index (χ0n) is 14.2. The van der Waals surface area contributed by atoms with Crippen molar-refractivity contribution in [1.82, 2.24) is 4.90 Å². The Labute approximate surface area is 146 Å². The number of carbonyl (C=O) groups is 1. The standard InChI is InChI=1S/C19H22FNO2S/c1-14(19(22)21(2)12-15-7-5-4-6-8-15)24-13-16-9-10-18(23-3)17(20)11-16/h4-11,14H,12-13H2,1-3H3. The van der Waals surface area contributed by atoms with E-state index in [1.807, 2.05) is 43.3 Å². The first kappa shape index (κ1) is 18.3. The zero-order chi connectivity index (χ0) is 17.5. The van der Waals surface area contributed by atoms with E-state index in [2.05, 4.69) is 0 Å². The molecule has 2 aromatic rings. The number of hydrogen-bond acceptors (Lipinski definition) is 3. The second kappa shape index (κ2) is 8.73. The van der Waals surface area contributed by atoms with E-state index in [1.54, 1.807) is 18.0 Å². The predicted octanol–water partition coefficient (Wildman–Crippen LogP) is 4.11. The summed E-state index contributed by atoms with van der Waals surface area (Å²) in [4.78, 5) is 14.2. The fourth-order valence-electron chi connectivity index (χ4n) is 2.34. The topological polar surface area (TPSA) is 29.5 Å². The third-order valence-electron chi connectivity index (χ3n) is 3.70. The Balaban J connectivity index is 1.88. The number of thioether (sulfide) groups is 1. The second-order valence-corrected chi connectivity index (χ2v) is 6.93. The molecule has 24 heavy (non-hydrogen) atoms. The fourth-order valence-corrected chi connectivity index (χ4v) is 3.28. The van der Waals surface area contributed by atoms with Crippen LogP contribution in [0, 0.1) is 5.82 Å². The lowest BCUT2D eigenvalue weighted by Gasteiger charge is -2.21. The molecule has 1 unspecified atom stereocenters. The summed E-state index contributed by atoms with van der Waals surface area (Å²) in [5.41, 5.74) is 1.94. The number of benzene rings is 2. The van der Waals surface area contributed by atoms with Gasteiger partial charge in [0.25, 0.3) is 0 Å². The van der Waals surface area contributed by atoms with Crippen LogP contribution in [-0.4, -0.2) is 30.2 Å². The molecule has 5 heteroatoms. The molecule has 0 N–H and O–H groups in total. The third-order valence-corrected chi connectivity index (χ3v) is 4.90. The quantitative estimate of drug-likeness (QED) is 0.755. The second-order valence-electron chi connectivity index (χ2n) is 5.60. The van der Waals surface area contributed by atoms with Crippen molar-refractivity contribution in [2.75, 3.05) is 14.2 Å². The van der Waals surface area contributed by atoms with Crippen LogP contribution in [0.2, 0.25) is 0 Å². The molecule has 0 bridgehead atoms. The van der Waals surface area contributed by atoms with E-state index >= 15 is 0 Å². The minimum Gasteiger partial charge on any atom is -0.494 e. The van der Waals surface area contributed by atoms with Crippen LogP contribution in [0.4, 0.5) is 4.39 Å². The summed E-state index contributed by atoms with van der Waals surface area (Å²) in [6.07, 6.45) is 0. The largest absolute Gasteiger partial charge is 0.494 e. The summed E-state index contributed by atoms with van der Waals surface area (Å²) in [5, 5.41) is -0.191. The lowest BCUT2D eigenvalue weighted by Crippen LogP contribution is -2.32.